The van der Waals surface area contributed by atoms with E-state index in [1.54, 1.807) is 24.3 Å². The summed E-state index contributed by atoms with van der Waals surface area (Å²) in [6.07, 6.45) is 0. The zero-order valence-corrected chi connectivity index (χ0v) is 16.3. The second-order valence-corrected chi connectivity index (χ2v) is 4.76. The van der Waals surface area contributed by atoms with E-state index in [1.165, 1.54) is 0 Å². The Labute approximate surface area is 146 Å². The van der Waals surface area contributed by atoms with Crippen molar-refractivity contribution in [2.75, 3.05) is 0 Å². The van der Waals surface area contributed by atoms with Gasteiger partial charge in [-0.2, -0.15) is 0 Å². The Kier molecular flexibility index (Phi) is 9.56. The second kappa shape index (κ2) is 10.5. The third-order valence-corrected chi connectivity index (χ3v) is 3.33. The molecular weight excluding hydrogens is 296 g/mol. The summed E-state index contributed by atoms with van der Waals surface area (Å²) in [5.74, 6) is -0.105. The molecule has 130 valence electrons. The quantitative estimate of drug-likeness (QED) is 0.496. The summed E-state index contributed by atoms with van der Waals surface area (Å²) in [7, 11) is 0. The molecule has 0 aliphatic heterocycles. The predicted octanol–water partition coefficient (Wildman–Crippen LogP) is 6.16. The number of carbonyl (C=O) groups excluding carboxylic acids is 2. The van der Waals surface area contributed by atoms with E-state index in [4.69, 9.17) is 0 Å². The lowest BCUT2D eigenvalue weighted by molar-refractivity contribution is 0.0979. The Morgan fingerprint density at radius 2 is 0.792 bits per heavy atom. The number of ketones is 2. The predicted molar refractivity (Wildman–Crippen MR) is 103 cm³/mol. The highest BCUT2D eigenvalue weighted by molar-refractivity contribution is 6.28. The number of hydrogen-bond acceptors (Lipinski definition) is 2. The van der Waals surface area contributed by atoms with Crippen molar-refractivity contribution in [1.29, 1.82) is 0 Å². The maximum absolute atomic E-state index is 12.4. The number of fused-ring (bicyclic) bond motifs is 2. The highest BCUT2D eigenvalue weighted by Gasteiger charge is 2.29. The maximum atomic E-state index is 12.4. The van der Waals surface area contributed by atoms with E-state index in [0.29, 0.717) is 22.3 Å². The van der Waals surface area contributed by atoms with Crippen LogP contribution in [0.5, 0.6) is 0 Å². The molecule has 0 bridgehead atoms. The van der Waals surface area contributed by atoms with Crippen LogP contribution < -0.4 is 0 Å². The van der Waals surface area contributed by atoms with Crippen LogP contribution in [0.15, 0.2) is 36.4 Å². The minimum atomic E-state index is -0.0525. The van der Waals surface area contributed by atoms with Crippen LogP contribution in [0.1, 0.15) is 84.5 Å². The van der Waals surface area contributed by atoms with E-state index in [-0.39, 0.29) is 11.6 Å². The van der Waals surface area contributed by atoms with Gasteiger partial charge in [0.2, 0.25) is 0 Å². The SMILES string of the molecule is CC.CC.CC.Cc1ccc2c(c1)C(=O)c1ccc(C)cc1C2=O. The summed E-state index contributed by atoms with van der Waals surface area (Å²) < 4.78 is 0. The second-order valence-electron chi connectivity index (χ2n) is 4.76. The Bertz CT molecular complexity index is 636. The summed E-state index contributed by atoms with van der Waals surface area (Å²) in [4.78, 5) is 24.7. The van der Waals surface area contributed by atoms with E-state index in [9.17, 15) is 9.59 Å². The van der Waals surface area contributed by atoms with Crippen LogP contribution in [0.4, 0.5) is 0 Å². The van der Waals surface area contributed by atoms with Gasteiger partial charge in [0.25, 0.3) is 0 Å². The van der Waals surface area contributed by atoms with Gasteiger partial charge in [-0.1, -0.05) is 76.9 Å². The Morgan fingerprint density at radius 3 is 1.08 bits per heavy atom. The molecular formula is C22H30O2. The molecule has 0 saturated heterocycles. The van der Waals surface area contributed by atoms with Crippen LogP contribution >= 0.6 is 0 Å². The summed E-state index contributed by atoms with van der Waals surface area (Å²) in [5.41, 5.74) is 4.07. The fraction of sp³-hybridized carbons (Fsp3) is 0.364. The third-order valence-electron chi connectivity index (χ3n) is 3.33. The molecule has 1 aliphatic carbocycles. The molecule has 0 heterocycles. The van der Waals surface area contributed by atoms with Gasteiger partial charge in [0.05, 0.1) is 0 Å². The van der Waals surface area contributed by atoms with Gasteiger partial charge in [0, 0.05) is 22.3 Å². The molecule has 2 aromatic carbocycles. The fourth-order valence-corrected chi connectivity index (χ4v) is 2.38. The highest BCUT2D eigenvalue weighted by atomic mass is 16.1. The van der Waals surface area contributed by atoms with Crippen LogP contribution in [0.25, 0.3) is 0 Å². The first-order valence-corrected chi connectivity index (χ1v) is 8.88. The number of aryl methyl sites for hydroxylation is 2. The van der Waals surface area contributed by atoms with Crippen molar-refractivity contribution >= 4 is 11.6 Å². The van der Waals surface area contributed by atoms with Gasteiger partial charge in [-0.15, -0.1) is 0 Å². The first kappa shape index (κ1) is 21.8. The molecule has 3 rings (SSSR count). The van der Waals surface area contributed by atoms with Crippen molar-refractivity contribution in [3.05, 3.63) is 69.8 Å². The average molecular weight is 326 g/mol. The molecule has 1 aliphatic rings. The van der Waals surface area contributed by atoms with Gasteiger partial charge in [-0.3, -0.25) is 9.59 Å². The standard InChI is InChI=1S/C16H12O2.3C2H6/c1-9-3-5-11-13(7-9)15(17)12-6-4-10(2)8-14(12)16(11)18;3*1-2/h3-8H,1-2H3;3*1-2H3. The van der Waals surface area contributed by atoms with E-state index in [2.05, 4.69) is 0 Å². The smallest absolute Gasteiger partial charge is 0.194 e. The van der Waals surface area contributed by atoms with Crippen LogP contribution in [0.3, 0.4) is 0 Å². The molecule has 0 saturated carbocycles. The minimum Gasteiger partial charge on any atom is -0.289 e. The fourth-order valence-electron chi connectivity index (χ4n) is 2.38. The lowest BCUT2D eigenvalue weighted by Gasteiger charge is -2.18. The van der Waals surface area contributed by atoms with E-state index >= 15 is 0 Å². The summed E-state index contributed by atoms with van der Waals surface area (Å²) in [6.45, 7) is 15.8. The van der Waals surface area contributed by atoms with Crippen molar-refractivity contribution in [2.24, 2.45) is 0 Å². The van der Waals surface area contributed by atoms with Gasteiger partial charge >= 0.3 is 0 Å². The van der Waals surface area contributed by atoms with Crippen molar-refractivity contribution < 1.29 is 9.59 Å². The monoisotopic (exact) mass is 326 g/mol. The van der Waals surface area contributed by atoms with E-state index in [1.807, 2.05) is 67.5 Å². The summed E-state index contributed by atoms with van der Waals surface area (Å²) >= 11 is 0. The molecule has 0 amide bonds. The van der Waals surface area contributed by atoms with Crippen LogP contribution in [0.2, 0.25) is 0 Å². The molecule has 0 spiro atoms. The highest BCUT2D eigenvalue weighted by Crippen LogP contribution is 2.28. The van der Waals surface area contributed by atoms with Crippen molar-refractivity contribution in [3.63, 3.8) is 0 Å². The van der Waals surface area contributed by atoms with Crippen LogP contribution in [-0.4, -0.2) is 11.6 Å². The first-order valence-electron chi connectivity index (χ1n) is 8.88. The van der Waals surface area contributed by atoms with Gasteiger partial charge < -0.3 is 0 Å². The number of rotatable bonds is 0. The van der Waals surface area contributed by atoms with Gasteiger partial charge in [-0.05, 0) is 26.0 Å². The maximum Gasteiger partial charge on any atom is 0.194 e. The molecule has 24 heavy (non-hydrogen) atoms. The normalized spacial score (nSPS) is 10.7. The van der Waals surface area contributed by atoms with Crippen molar-refractivity contribution in [1.82, 2.24) is 0 Å². The number of carbonyl (C=O) groups is 2. The Hall–Kier alpha value is -2.22. The Balaban J connectivity index is 0.000000798. The van der Waals surface area contributed by atoms with E-state index < -0.39 is 0 Å². The molecule has 0 N–H and O–H groups in total. The number of hydrogen-bond donors (Lipinski definition) is 0. The molecule has 0 fully saturated rings. The van der Waals surface area contributed by atoms with Crippen molar-refractivity contribution in [2.45, 2.75) is 55.4 Å². The first-order chi connectivity index (χ1) is 11.6. The van der Waals surface area contributed by atoms with E-state index in [0.717, 1.165) is 11.1 Å². The molecule has 0 atom stereocenters. The topological polar surface area (TPSA) is 34.1 Å². The van der Waals surface area contributed by atoms with Crippen molar-refractivity contribution in [3.8, 4) is 0 Å². The average Bonchev–Trinajstić information content (AvgIpc) is 2.64. The summed E-state index contributed by atoms with van der Waals surface area (Å²) in [5, 5.41) is 0. The molecule has 0 radical (unpaired) electrons. The van der Waals surface area contributed by atoms with Gasteiger partial charge in [0.15, 0.2) is 11.6 Å². The van der Waals surface area contributed by atoms with Crippen LogP contribution in [0, 0.1) is 13.8 Å². The molecule has 2 heteroatoms. The van der Waals surface area contributed by atoms with Gasteiger partial charge in [-0.25, -0.2) is 0 Å². The zero-order chi connectivity index (χ0) is 18.9. The van der Waals surface area contributed by atoms with Gasteiger partial charge in [0.1, 0.15) is 0 Å². The minimum absolute atomic E-state index is 0.0525. The largest absolute Gasteiger partial charge is 0.289 e. The third kappa shape index (κ3) is 4.41. The Morgan fingerprint density at radius 1 is 0.500 bits per heavy atom. The molecule has 2 nitrogen and oxygen atoms in total. The molecule has 0 unspecified atom stereocenters. The van der Waals surface area contributed by atoms with Crippen LogP contribution in [-0.2, 0) is 0 Å². The molecule has 0 aromatic heterocycles. The zero-order valence-electron chi connectivity index (χ0n) is 16.3. The lowest BCUT2D eigenvalue weighted by atomic mass is 9.83. The lowest BCUT2D eigenvalue weighted by Crippen LogP contribution is -2.21. The molecule has 2 aromatic rings. The number of benzene rings is 2. The summed E-state index contributed by atoms with van der Waals surface area (Å²) in [6, 6.07) is 10.8.